The van der Waals surface area contributed by atoms with Crippen LogP contribution in [0.1, 0.15) is 46.0 Å². The highest BCUT2D eigenvalue weighted by atomic mass is 16.5. The zero-order valence-corrected chi connectivity index (χ0v) is 20.3. The molecule has 0 unspecified atom stereocenters. The maximum Gasteiger partial charge on any atom is 0.231 e. The van der Waals surface area contributed by atoms with Crippen molar-refractivity contribution < 1.29 is 9.53 Å². The molecule has 3 fully saturated rings. The summed E-state index contributed by atoms with van der Waals surface area (Å²) < 4.78 is 5.52. The largest absolute Gasteiger partial charge is 0.379 e. The summed E-state index contributed by atoms with van der Waals surface area (Å²) in [6, 6.07) is 0.625. The number of nitrogens with one attached hydrogen (secondary N) is 1. The van der Waals surface area contributed by atoms with Gasteiger partial charge >= 0.3 is 0 Å². The minimum atomic E-state index is 0.279. The third-order valence-electron chi connectivity index (χ3n) is 7.03. The van der Waals surface area contributed by atoms with Crippen LogP contribution >= 0.6 is 0 Å². The second-order valence-electron chi connectivity index (χ2n) is 9.06. The lowest BCUT2D eigenvalue weighted by molar-refractivity contribution is -0.127. The van der Waals surface area contributed by atoms with Gasteiger partial charge in [0, 0.05) is 71.4 Å². The van der Waals surface area contributed by atoms with Gasteiger partial charge in [-0.1, -0.05) is 0 Å². The van der Waals surface area contributed by atoms with Crippen molar-refractivity contribution in [3.63, 3.8) is 0 Å². The van der Waals surface area contributed by atoms with Gasteiger partial charge in [-0.2, -0.15) is 15.0 Å². The van der Waals surface area contributed by atoms with E-state index in [0.717, 1.165) is 110 Å². The number of anilines is 3. The summed E-state index contributed by atoms with van der Waals surface area (Å²) in [6.45, 7) is 14.1. The smallest absolute Gasteiger partial charge is 0.231 e. The monoisotopic (exact) mass is 460 g/mol. The molecule has 3 aliphatic heterocycles. The number of likely N-dealkylation sites (tertiary alicyclic amines) is 1. The molecular weight excluding hydrogens is 420 g/mol. The predicted molar refractivity (Wildman–Crippen MR) is 130 cm³/mol. The maximum absolute atomic E-state index is 11.8. The van der Waals surface area contributed by atoms with Crippen LogP contribution in [0.15, 0.2) is 0 Å². The number of carbonyl (C=O) groups excluding carboxylic acids is 1. The lowest BCUT2D eigenvalue weighted by Gasteiger charge is -2.40. The first kappa shape index (κ1) is 23.9. The van der Waals surface area contributed by atoms with Gasteiger partial charge in [-0.05, 0) is 39.5 Å². The molecule has 3 aliphatic rings. The van der Waals surface area contributed by atoms with Gasteiger partial charge in [0.2, 0.25) is 23.8 Å². The topological polar surface area (TPSA) is 90.0 Å². The molecule has 4 rings (SSSR count). The van der Waals surface area contributed by atoms with Crippen molar-refractivity contribution in [2.24, 2.45) is 0 Å². The maximum atomic E-state index is 11.8. The first-order chi connectivity index (χ1) is 16.2. The van der Waals surface area contributed by atoms with Gasteiger partial charge in [-0.25, -0.2) is 0 Å². The van der Waals surface area contributed by atoms with Gasteiger partial charge in [-0.3, -0.25) is 9.69 Å². The van der Waals surface area contributed by atoms with Crippen molar-refractivity contribution in [1.29, 1.82) is 0 Å². The van der Waals surface area contributed by atoms with Gasteiger partial charge in [0.15, 0.2) is 0 Å². The summed E-state index contributed by atoms with van der Waals surface area (Å²) in [5.41, 5.74) is 0. The third-order valence-corrected chi connectivity index (χ3v) is 7.03. The van der Waals surface area contributed by atoms with Crippen LogP contribution in [0.4, 0.5) is 17.8 Å². The molecule has 0 aliphatic carbocycles. The van der Waals surface area contributed by atoms with Gasteiger partial charge in [0.25, 0.3) is 0 Å². The van der Waals surface area contributed by atoms with E-state index in [9.17, 15) is 4.79 Å². The molecule has 0 bridgehead atoms. The number of morpholine rings is 1. The number of hydrogen-bond donors (Lipinski definition) is 1. The summed E-state index contributed by atoms with van der Waals surface area (Å²) in [5, 5.41) is 3.39. The van der Waals surface area contributed by atoms with E-state index in [0.29, 0.717) is 18.4 Å². The Morgan fingerprint density at radius 1 is 1.03 bits per heavy atom. The normalized spacial score (nSPS) is 20.5. The summed E-state index contributed by atoms with van der Waals surface area (Å²) >= 11 is 0. The second kappa shape index (κ2) is 11.8. The Labute approximate surface area is 197 Å². The van der Waals surface area contributed by atoms with E-state index >= 15 is 0 Å². The molecule has 0 atom stereocenters. The van der Waals surface area contributed by atoms with E-state index in [1.165, 1.54) is 0 Å². The number of amides is 1. The van der Waals surface area contributed by atoms with Crippen molar-refractivity contribution in [3.05, 3.63) is 0 Å². The van der Waals surface area contributed by atoms with Gasteiger partial charge in [-0.15, -0.1) is 0 Å². The summed E-state index contributed by atoms with van der Waals surface area (Å²) in [4.78, 5) is 35.2. The Morgan fingerprint density at radius 2 is 1.79 bits per heavy atom. The van der Waals surface area contributed by atoms with E-state index in [1.807, 2.05) is 4.90 Å². The number of nitrogens with zero attached hydrogens (tertiary/aromatic N) is 7. The highest BCUT2D eigenvalue weighted by Gasteiger charge is 2.27. The molecule has 10 nitrogen and oxygen atoms in total. The molecule has 1 aromatic rings. The summed E-state index contributed by atoms with van der Waals surface area (Å²) in [6.07, 6.45) is 4.81. The Balaban J connectivity index is 1.37. The molecule has 1 N–H and O–H groups in total. The van der Waals surface area contributed by atoms with Crippen LogP contribution in [0.2, 0.25) is 0 Å². The Hall–Kier alpha value is -2.20. The number of hydrogen-bond acceptors (Lipinski definition) is 9. The first-order valence-corrected chi connectivity index (χ1v) is 12.8. The molecule has 4 heterocycles. The fourth-order valence-electron chi connectivity index (χ4n) is 5.01. The Kier molecular flexibility index (Phi) is 8.55. The zero-order chi connectivity index (χ0) is 23.0. The molecule has 184 valence electrons. The van der Waals surface area contributed by atoms with Crippen molar-refractivity contribution in [3.8, 4) is 0 Å². The quantitative estimate of drug-likeness (QED) is 0.521. The molecule has 0 radical (unpaired) electrons. The Morgan fingerprint density at radius 3 is 2.45 bits per heavy atom. The van der Waals surface area contributed by atoms with Crippen molar-refractivity contribution in [1.82, 2.24) is 24.8 Å². The molecule has 0 spiro atoms. The fraction of sp³-hybridized carbons (Fsp3) is 0.826. The molecule has 1 aromatic heterocycles. The van der Waals surface area contributed by atoms with Crippen LogP contribution in [0, 0.1) is 0 Å². The molecule has 1 amide bonds. The van der Waals surface area contributed by atoms with E-state index in [4.69, 9.17) is 19.7 Å². The molecule has 10 heteroatoms. The number of rotatable bonds is 10. The lowest BCUT2D eigenvalue weighted by Crippen LogP contribution is -2.49. The zero-order valence-electron chi connectivity index (χ0n) is 20.3. The number of aromatic nitrogens is 3. The highest BCUT2D eigenvalue weighted by molar-refractivity contribution is 5.78. The predicted octanol–water partition coefficient (Wildman–Crippen LogP) is 1.44. The van der Waals surface area contributed by atoms with E-state index in [2.05, 4.69) is 33.9 Å². The van der Waals surface area contributed by atoms with Crippen LogP contribution in [-0.4, -0.2) is 109 Å². The molecule has 33 heavy (non-hydrogen) atoms. The number of piperidine rings is 1. The SMILES string of the molecule is CCN(CC)c1nc(NCCCN2CCCC2=O)nc(N2CCC(N3CCOCC3)CC2)n1. The van der Waals surface area contributed by atoms with E-state index in [1.54, 1.807) is 0 Å². The van der Waals surface area contributed by atoms with E-state index in [-0.39, 0.29) is 5.91 Å². The highest BCUT2D eigenvalue weighted by Crippen LogP contribution is 2.23. The second-order valence-corrected chi connectivity index (χ2v) is 9.06. The average molecular weight is 461 g/mol. The minimum Gasteiger partial charge on any atom is -0.379 e. The minimum absolute atomic E-state index is 0.279. The molecule has 0 aromatic carbocycles. The van der Waals surface area contributed by atoms with Crippen LogP contribution < -0.4 is 15.1 Å². The van der Waals surface area contributed by atoms with Crippen LogP contribution in [0.25, 0.3) is 0 Å². The fourth-order valence-corrected chi connectivity index (χ4v) is 5.01. The van der Waals surface area contributed by atoms with Crippen molar-refractivity contribution in [2.75, 3.05) is 87.2 Å². The van der Waals surface area contributed by atoms with Crippen LogP contribution in [0.5, 0.6) is 0 Å². The van der Waals surface area contributed by atoms with Gasteiger partial charge in [0.1, 0.15) is 0 Å². The lowest BCUT2D eigenvalue weighted by atomic mass is 10.0. The van der Waals surface area contributed by atoms with Crippen LogP contribution in [0.3, 0.4) is 0 Å². The van der Waals surface area contributed by atoms with E-state index < -0.39 is 0 Å². The van der Waals surface area contributed by atoms with Gasteiger partial charge in [0.05, 0.1) is 13.2 Å². The summed E-state index contributed by atoms with van der Waals surface area (Å²) in [7, 11) is 0. The first-order valence-electron chi connectivity index (χ1n) is 12.8. The Bertz CT molecular complexity index is 761. The molecule has 3 saturated heterocycles. The standard InChI is InChI=1S/C23H40N8O2/c1-3-28(4-2)22-25-21(24-10-6-12-30-11-5-7-20(30)32)26-23(27-22)31-13-8-19(9-14-31)29-15-17-33-18-16-29/h19H,3-18H2,1-2H3,(H,24,25,26,27). The number of carbonyl (C=O) groups is 1. The molecule has 0 saturated carbocycles. The summed E-state index contributed by atoms with van der Waals surface area (Å²) in [5.74, 6) is 2.41. The van der Waals surface area contributed by atoms with Crippen LogP contribution in [-0.2, 0) is 9.53 Å². The third kappa shape index (κ3) is 6.23. The van der Waals surface area contributed by atoms with Crippen molar-refractivity contribution >= 4 is 23.8 Å². The average Bonchev–Trinajstić information content (AvgIpc) is 3.28. The number of ether oxygens (including phenoxy) is 1. The molecular formula is C23H40N8O2. The van der Waals surface area contributed by atoms with Gasteiger partial charge < -0.3 is 24.8 Å². The van der Waals surface area contributed by atoms with Crippen molar-refractivity contribution in [2.45, 2.75) is 52.0 Å².